The summed E-state index contributed by atoms with van der Waals surface area (Å²) in [5.74, 6) is 0.629. The van der Waals surface area contributed by atoms with Crippen LogP contribution in [0.15, 0.2) is 0 Å². The fourth-order valence-electron chi connectivity index (χ4n) is 1.92. The molecule has 104 valence electrons. The van der Waals surface area contributed by atoms with E-state index in [0.29, 0.717) is 6.42 Å². The number of nitrogens with two attached hydrogens (primary N) is 1. The number of nitrogens with zero attached hydrogens (tertiary/aromatic N) is 1. The average Bonchev–Trinajstić information content (AvgIpc) is 2.42. The molecule has 0 bridgehead atoms. The van der Waals surface area contributed by atoms with Crippen LogP contribution in [0.25, 0.3) is 0 Å². The third-order valence-corrected chi connectivity index (χ3v) is 3.74. The molecule has 1 aliphatic heterocycles. The molecule has 0 spiro atoms. The van der Waals surface area contributed by atoms with E-state index in [2.05, 4.69) is 5.32 Å². The second kappa shape index (κ2) is 8.37. The predicted octanol–water partition coefficient (Wildman–Crippen LogP) is 0.196. The average molecular weight is 273 g/mol. The number of likely N-dealkylation sites (tertiary alicyclic amines) is 1. The number of hydrogen-bond donors (Lipinski definition) is 2. The molecule has 0 aromatic heterocycles. The fraction of sp³-hybridized carbons (Fsp3) is 0.833. The van der Waals surface area contributed by atoms with Crippen LogP contribution in [0.4, 0.5) is 0 Å². The highest BCUT2D eigenvalue weighted by atomic mass is 32.2. The van der Waals surface area contributed by atoms with Gasteiger partial charge in [0.15, 0.2) is 0 Å². The van der Waals surface area contributed by atoms with Gasteiger partial charge in [-0.1, -0.05) is 0 Å². The van der Waals surface area contributed by atoms with Gasteiger partial charge in [0, 0.05) is 13.1 Å². The van der Waals surface area contributed by atoms with Crippen molar-refractivity contribution in [2.75, 3.05) is 31.6 Å². The molecule has 2 amide bonds. The molecule has 1 atom stereocenters. The van der Waals surface area contributed by atoms with Crippen molar-refractivity contribution < 1.29 is 9.59 Å². The van der Waals surface area contributed by atoms with Gasteiger partial charge >= 0.3 is 0 Å². The Hall–Kier alpha value is -0.750. The highest BCUT2D eigenvalue weighted by Crippen LogP contribution is 2.08. The van der Waals surface area contributed by atoms with E-state index in [0.717, 1.165) is 31.7 Å². The second-order valence-corrected chi connectivity index (χ2v) is 5.53. The van der Waals surface area contributed by atoms with Crippen LogP contribution in [0.3, 0.4) is 0 Å². The van der Waals surface area contributed by atoms with Gasteiger partial charge in [0.05, 0.1) is 12.6 Å². The minimum atomic E-state index is -0.508. The summed E-state index contributed by atoms with van der Waals surface area (Å²) in [5, 5.41) is 2.62. The minimum Gasteiger partial charge on any atom is -0.346 e. The van der Waals surface area contributed by atoms with Gasteiger partial charge in [0.25, 0.3) is 0 Å². The summed E-state index contributed by atoms with van der Waals surface area (Å²) in [6, 6.07) is -0.508. The smallest absolute Gasteiger partial charge is 0.241 e. The van der Waals surface area contributed by atoms with E-state index < -0.39 is 6.04 Å². The third-order valence-electron chi connectivity index (χ3n) is 3.09. The number of thioether (sulfide) groups is 1. The number of rotatable bonds is 6. The van der Waals surface area contributed by atoms with Crippen LogP contribution in [0, 0.1) is 0 Å². The van der Waals surface area contributed by atoms with Crippen LogP contribution >= 0.6 is 11.8 Å². The van der Waals surface area contributed by atoms with Crippen molar-refractivity contribution in [2.24, 2.45) is 5.73 Å². The van der Waals surface area contributed by atoms with Crippen LogP contribution < -0.4 is 11.1 Å². The molecule has 0 unspecified atom stereocenters. The first kappa shape index (κ1) is 15.3. The van der Waals surface area contributed by atoms with Crippen molar-refractivity contribution in [3.63, 3.8) is 0 Å². The summed E-state index contributed by atoms with van der Waals surface area (Å²) in [4.78, 5) is 25.2. The molecule has 5 nitrogen and oxygen atoms in total. The van der Waals surface area contributed by atoms with Crippen molar-refractivity contribution in [1.82, 2.24) is 10.2 Å². The maximum atomic E-state index is 11.8. The molecule has 0 aromatic carbocycles. The minimum absolute atomic E-state index is 0.000108. The van der Waals surface area contributed by atoms with Crippen LogP contribution in [0.5, 0.6) is 0 Å². The van der Waals surface area contributed by atoms with Crippen molar-refractivity contribution in [3.05, 3.63) is 0 Å². The Balaban J connectivity index is 2.22. The van der Waals surface area contributed by atoms with Gasteiger partial charge in [-0.05, 0) is 37.7 Å². The zero-order chi connectivity index (χ0) is 13.4. The van der Waals surface area contributed by atoms with Crippen molar-refractivity contribution >= 4 is 23.6 Å². The summed E-state index contributed by atoms with van der Waals surface area (Å²) in [5.41, 5.74) is 5.72. The summed E-state index contributed by atoms with van der Waals surface area (Å²) in [6.07, 6.45) is 5.94. The number of nitrogens with one attached hydrogen (secondary N) is 1. The lowest BCUT2D eigenvalue weighted by Gasteiger charge is -2.26. The lowest BCUT2D eigenvalue weighted by molar-refractivity contribution is -0.133. The van der Waals surface area contributed by atoms with E-state index in [1.54, 1.807) is 11.8 Å². The van der Waals surface area contributed by atoms with Gasteiger partial charge in [-0.15, -0.1) is 0 Å². The van der Waals surface area contributed by atoms with Gasteiger partial charge in [0.1, 0.15) is 0 Å². The Morgan fingerprint density at radius 3 is 2.61 bits per heavy atom. The van der Waals surface area contributed by atoms with Crippen molar-refractivity contribution in [2.45, 2.75) is 31.7 Å². The van der Waals surface area contributed by atoms with Gasteiger partial charge in [-0.2, -0.15) is 11.8 Å². The molecule has 18 heavy (non-hydrogen) atoms. The fourth-order valence-corrected chi connectivity index (χ4v) is 2.41. The van der Waals surface area contributed by atoms with Gasteiger partial charge < -0.3 is 16.0 Å². The van der Waals surface area contributed by atoms with Crippen molar-refractivity contribution in [3.8, 4) is 0 Å². The first-order chi connectivity index (χ1) is 8.65. The molecule has 1 fully saturated rings. The Labute approximate surface area is 113 Å². The van der Waals surface area contributed by atoms with E-state index >= 15 is 0 Å². The highest BCUT2D eigenvalue weighted by Gasteiger charge is 2.18. The lowest BCUT2D eigenvalue weighted by Crippen LogP contribution is -2.47. The number of carbonyl (C=O) groups excluding carboxylic acids is 2. The topological polar surface area (TPSA) is 75.4 Å². The first-order valence-electron chi connectivity index (χ1n) is 6.45. The van der Waals surface area contributed by atoms with Crippen LogP contribution in [0.1, 0.15) is 25.7 Å². The Kier molecular flexibility index (Phi) is 7.12. The molecule has 1 aliphatic rings. The largest absolute Gasteiger partial charge is 0.346 e. The summed E-state index contributed by atoms with van der Waals surface area (Å²) in [6.45, 7) is 1.70. The summed E-state index contributed by atoms with van der Waals surface area (Å²) < 4.78 is 0. The standard InChI is InChI=1S/C12H23N3O2S/c1-18-8-5-10(13)12(17)14-9-11(16)15-6-3-2-4-7-15/h10H,2-9,13H2,1H3,(H,14,17)/t10-/m0/s1. The van der Waals surface area contributed by atoms with Gasteiger partial charge in [0.2, 0.25) is 11.8 Å². The summed E-state index contributed by atoms with van der Waals surface area (Å²) >= 11 is 1.66. The van der Waals surface area contributed by atoms with E-state index in [-0.39, 0.29) is 18.4 Å². The SMILES string of the molecule is CSCC[C@H](N)C(=O)NCC(=O)N1CCCCC1. The quantitative estimate of drug-likeness (QED) is 0.725. The molecule has 6 heteroatoms. The zero-order valence-corrected chi connectivity index (χ0v) is 11.8. The molecular weight excluding hydrogens is 250 g/mol. The molecular formula is C12H23N3O2S. The van der Waals surface area contributed by atoms with E-state index in [9.17, 15) is 9.59 Å². The molecule has 1 saturated heterocycles. The maximum absolute atomic E-state index is 11.8. The maximum Gasteiger partial charge on any atom is 0.241 e. The van der Waals surface area contributed by atoms with Crippen molar-refractivity contribution in [1.29, 1.82) is 0 Å². The number of hydrogen-bond acceptors (Lipinski definition) is 4. The monoisotopic (exact) mass is 273 g/mol. The Morgan fingerprint density at radius 2 is 2.00 bits per heavy atom. The van der Waals surface area contributed by atoms with Gasteiger partial charge in [-0.25, -0.2) is 0 Å². The lowest BCUT2D eigenvalue weighted by atomic mass is 10.1. The number of carbonyl (C=O) groups is 2. The zero-order valence-electron chi connectivity index (χ0n) is 11.0. The van der Waals surface area contributed by atoms with E-state index in [1.165, 1.54) is 6.42 Å². The normalized spacial score (nSPS) is 17.3. The molecule has 0 saturated carbocycles. The summed E-state index contributed by atoms with van der Waals surface area (Å²) in [7, 11) is 0. The first-order valence-corrected chi connectivity index (χ1v) is 7.84. The number of amides is 2. The van der Waals surface area contributed by atoms with Gasteiger partial charge in [-0.3, -0.25) is 9.59 Å². The number of piperidine rings is 1. The highest BCUT2D eigenvalue weighted by molar-refractivity contribution is 7.98. The molecule has 3 N–H and O–H groups in total. The van der Waals surface area contributed by atoms with Crippen LogP contribution in [-0.4, -0.2) is 54.4 Å². The second-order valence-electron chi connectivity index (χ2n) is 4.55. The molecule has 0 aromatic rings. The van der Waals surface area contributed by atoms with Crippen LogP contribution in [-0.2, 0) is 9.59 Å². The molecule has 0 radical (unpaired) electrons. The van der Waals surface area contributed by atoms with Crippen LogP contribution in [0.2, 0.25) is 0 Å². The Morgan fingerprint density at radius 1 is 1.33 bits per heavy atom. The van der Waals surface area contributed by atoms with E-state index in [1.807, 2.05) is 11.2 Å². The predicted molar refractivity (Wildman–Crippen MR) is 74.4 cm³/mol. The molecule has 1 heterocycles. The Bertz CT molecular complexity index is 280. The molecule has 1 rings (SSSR count). The van der Waals surface area contributed by atoms with E-state index in [4.69, 9.17) is 5.73 Å². The third kappa shape index (κ3) is 5.27. The molecule has 0 aliphatic carbocycles.